The fourth-order valence-electron chi connectivity index (χ4n) is 3.01. The number of fused-ring (bicyclic) bond motifs is 1. The Bertz CT molecular complexity index is 1310. The lowest BCUT2D eigenvalue weighted by Crippen LogP contribution is -2.44. The van der Waals surface area contributed by atoms with Crippen LogP contribution >= 0.6 is 46.1 Å². The number of aliphatic hydroxyl groups excluding tert-OH is 1. The maximum atomic E-state index is 12.1. The van der Waals surface area contributed by atoms with Gasteiger partial charge >= 0.3 is 23.5 Å². The number of imidazole rings is 1. The lowest BCUT2D eigenvalue weighted by atomic mass is 9.96. The molecule has 3 heterocycles. The number of ether oxygens (including phenoxy) is 1. The van der Waals surface area contributed by atoms with Crippen LogP contribution < -0.4 is 11.3 Å². The predicted octanol–water partition coefficient (Wildman–Crippen LogP) is -1.34. The molecule has 9 N–H and O–H groups in total. The van der Waals surface area contributed by atoms with Gasteiger partial charge in [0.05, 0.1) is 6.61 Å². The number of nitrogens with two attached hydrogens (primary N) is 1. The molecule has 6 atom stereocenters. The number of anilines is 1. The van der Waals surface area contributed by atoms with Crippen molar-refractivity contribution in [3.63, 3.8) is 0 Å². The summed E-state index contributed by atoms with van der Waals surface area (Å²) in [5.41, 5.74) is 2.45. The molecule has 0 spiro atoms. The average molecular weight is 663 g/mol. The van der Waals surface area contributed by atoms with Crippen LogP contribution in [0.15, 0.2) is 4.79 Å². The summed E-state index contributed by atoms with van der Waals surface area (Å²) in [7, 11) is -16.8. The van der Waals surface area contributed by atoms with Crippen LogP contribution in [-0.2, 0) is 31.6 Å². The van der Waals surface area contributed by atoms with Gasteiger partial charge in [0.2, 0.25) is 5.95 Å². The number of hydrogen-bond acceptors (Lipinski definition) is 13. The highest BCUT2D eigenvalue weighted by Gasteiger charge is 2.55. The quantitative estimate of drug-likeness (QED) is 0.0921. The van der Waals surface area contributed by atoms with Crippen LogP contribution in [0.25, 0.3) is 11.2 Å². The number of rotatable bonds is 8. The lowest BCUT2D eigenvalue weighted by molar-refractivity contribution is -0.0960. The molecule has 0 aliphatic carbocycles. The predicted molar refractivity (Wildman–Crippen MR) is 116 cm³/mol. The minimum absolute atomic E-state index is 0.0854. The van der Waals surface area contributed by atoms with Gasteiger partial charge < -0.3 is 40.3 Å². The van der Waals surface area contributed by atoms with Gasteiger partial charge in [-0.05, 0) is 6.92 Å². The zero-order valence-corrected chi connectivity index (χ0v) is 21.4. The Kier molecular flexibility index (Phi) is 7.54. The number of nitrogens with zero attached hydrogens (tertiary/aromatic N) is 3. The molecule has 0 amide bonds. The molecule has 34 heavy (non-hydrogen) atoms. The molecule has 0 aromatic carbocycles. The second-order valence-corrected chi connectivity index (χ2v) is 12.3. The van der Waals surface area contributed by atoms with Gasteiger partial charge in [0, 0.05) is 22.6 Å². The van der Waals surface area contributed by atoms with E-state index in [0.29, 0.717) is 0 Å². The lowest BCUT2D eigenvalue weighted by Gasteiger charge is -2.27. The van der Waals surface area contributed by atoms with E-state index in [4.69, 9.17) is 20.3 Å². The second-order valence-electron chi connectivity index (χ2n) is 6.96. The minimum Gasteiger partial charge on any atom is -0.387 e. The van der Waals surface area contributed by atoms with Crippen molar-refractivity contribution in [3.8, 4) is 0 Å². The number of halogens is 1. The Hall–Kier alpha value is -0.830. The van der Waals surface area contributed by atoms with Gasteiger partial charge in [-0.1, -0.05) is 0 Å². The molecule has 3 rings (SSSR count). The second kappa shape index (κ2) is 9.24. The fraction of sp³-hybridized carbons (Fsp3) is 0.545. The molecule has 1 aliphatic heterocycles. The molecule has 0 radical (unpaired) electrons. The summed E-state index contributed by atoms with van der Waals surface area (Å²) in [6.45, 7) is 0.0997. The summed E-state index contributed by atoms with van der Waals surface area (Å²) in [5, 5.41) is 21.3. The number of H-pyrrole nitrogens is 1. The van der Waals surface area contributed by atoms with E-state index in [0.717, 1.165) is 11.5 Å². The van der Waals surface area contributed by atoms with E-state index in [-0.39, 0.29) is 20.9 Å². The standard InChI is InChI=1S/C11H17IN5O14P3/c1-11(20)5(18)3(2-28-33(24,25)31-34(26,27)30-32(21,22)23)29-8(11)17-6-4(14-9(17)12)7(19)16-10(13)15-6/h3,5,8,18,20H,2H2,1H3,(H,24,25)(H,26,27)(H2,21,22,23)(H3,13,15,16,19)/t3-,5-,8?,11-/m1/s1. The molecule has 1 fully saturated rings. The number of nitrogen functional groups attached to an aromatic ring is 1. The molecule has 192 valence electrons. The zero-order valence-electron chi connectivity index (χ0n) is 16.5. The van der Waals surface area contributed by atoms with Gasteiger partial charge in [0.25, 0.3) is 5.56 Å². The van der Waals surface area contributed by atoms with Crippen molar-refractivity contribution in [3.05, 3.63) is 14.2 Å². The largest absolute Gasteiger partial charge is 0.490 e. The van der Waals surface area contributed by atoms with Gasteiger partial charge in [-0.2, -0.15) is 13.6 Å². The normalized spacial score (nSPS) is 29.2. The van der Waals surface area contributed by atoms with Crippen LogP contribution in [0.2, 0.25) is 0 Å². The van der Waals surface area contributed by atoms with Gasteiger partial charge in [-0.3, -0.25) is 18.9 Å². The summed E-state index contributed by atoms with van der Waals surface area (Å²) < 4.78 is 52.4. The molecular weight excluding hydrogens is 646 g/mol. The van der Waals surface area contributed by atoms with E-state index in [1.165, 1.54) is 0 Å². The van der Waals surface area contributed by atoms with Gasteiger partial charge in [-0.25, -0.2) is 18.7 Å². The van der Waals surface area contributed by atoms with E-state index >= 15 is 0 Å². The third-order valence-corrected chi connectivity index (χ3v) is 8.90. The Morgan fingerprint density at radius 3 is 2.41 bits per heavy atom. The number of aromatic nitrogens is 4. The van der Waals surface area contributed by atoms with Gasteiger partial charge in [-0.15, -0.1) is 0 Å². The minimum atomic E-state index is -5.75. The third kappa shape index (κ3) is 5.93. The molecular formula is C11H17IN5O14P3. The summed E-state index contributed by atoms with van der Waals surface area (Å²) in [5.74, 6) is -0.280. The first-order valence-corrected chi connectivity index (χ1v) is 14.2. The highest BCUT2D eigenvalue weighted by Crippen LogP contribution is 2.66. The Morgan fingerprint density at radius 1 is 1.21 bits per heavy atom. The number of nitrogens with one attached hydrogen (secondary N) is 1. The van der Waals surface area contributed by atoms with E-state index in [9.17, 15) is 38.5 Å². The van der Waals surface area contributed by atoms with E-state index in [1.807, 2.05) is 0 Å². The van der Waals surface area contributed by atoms with E-state index < -0.39 is 59.7 Å². The number of aromatic amines is 1. The van der Waals surface area contributed by atoms with Crippen LogP contribution in [0.1, 0.15) is 13.2 Å². The summed E-state index contributed by atoms with van der Waals surface area (Å²) >= 11 is 1.70. The summed E-state index contributed by atoms with van der Waals surface area (Å²) in [4.78, 5) is 58.1. The Balaban J connectivity index is 1.83. The zero-order chi connectivity index (χ0) is 25.9. The maximum Gasteiger partial charge on any atom is 0.490 e. The summed E-state index contributed by atoms with van der Waals surface area (Å²) in [6, 6.07) is 0. The van der Waals surface area contributed by atoms with Crippen molar-refractivity contribution >= 4 is 63.2 Å². The molecule has 0 bridgehead atoms. The molecule has 1 saturated heterocycles. The first-order chi connectivity index (χ1) is 15.3. The molecule has 23 heteroatoms. The monoisotopic (exact) mass is 663 g/mol. The van der Waals surface area contributed by atoms with Crippen molar-refractivity contribution < 1.29 is 61.4 Å². The van der Waals surface area contributed by atoms with Gasteiger partial charge in [0.15, 0.2) is 21.2 Å². The Morgan fingerprint density at radius 2 is 1.82 bits per heavy atom. The van der Waals surface area contributed by atoms with Crippen LogP contribution in [0.5, 0.6) is 0 Å². The van der Waals surface area contributed by atoms with Crippen molar-refractivity contribution in [1.82, 2.24) is 19.5 Å². The molecule has 0 saturated carbocycles. The molecule has 1 aliphatic rings. The van der Waals surface area contributed by atoms with Crippen LogP contribution in [-0.4, -0.2) is 73.7 Å². The van der Waals surface area contributed by atoms with E-state index in [1.54, 1.807) is 22.6 Å². The molecule has 2 aromatic heterocycles. The topological polar surface area (TPSA) is 299 Å². The van der Waals surface area contributed by atoms with E-state index in [2.05, 4.69) is 28.1 Å². The molecule has 19 nitrogen and oxygen atoms in total. The molecule has 2 aromatic rings. The fourth-order valence-corrected chi connectivity index (χ4v) is 6.76. The Labute approximate surface area is 201 Å². The smallest absolute Gasteiger partial charge is 0.387 e. The van der Waals surface area contributed by atoms with Crippen molar-refractivity contribution in [2.45, 2.75) is 31.0 Å². The van der Waals surface area contributed by atoms with Crippen molar-refractivity contribution in [1.29, 1.82) is 0 Å². The first kappa shape index (κ1) is 27.8. The number of phosphoric acid groups is 3. The first-order valence-electron chi connectivity index (χ1n) is 8.60. The number of aliphatic hydroxyl groups is 2. The molecule has 3 unspecified atom stereocenters. The van der Waals surface area contributed by atoms with Crippen molar-refractivity contribution in [2.75, 3.05) is 12.3 Å². The highest BCUT2D eigenvalue weighted by atomic mass is 127. The van der Waals surface area contributed by atoms with Crippen LogP contribution in [0, 0.1) is 3.83 Å². The SMILES string of the molecule is C[C@]1(O)C(n2c(I)nc3c(=O)[nH]c(N)nc32)O[C@H](COP(=O)(O)OP(=O)(O)OP(=O)(O)O)[C@H]1O. The third-order valence-electron chi connectivity index (χ3n) is 4.33. The van der Waals surface area contributed by atoms with Crippen LogP contribution in [0.3, 0.4) is 0 Å². The maximum absolute atomic E-state index is 12.1. The highest BCUT2D eigenvalue weighted by molar-refractivity contribution is 14.1. The van der Waals surface area contributed by atoms with Crippen LogP contribution in [0.4, 0.5) is 5.95 Å². The van der Waals surface area contributed by atoms with Gasteiger partial charge in [0.1, 0.15) is 17.8 Å². The summed E-state index contributed by atoms with van der Waals surface area (Å²) in [6.07, 6.45) is -4.86. The number of hydrogen-bond donors (Lipinski definition) is 8. The average Bonchev–Trinajstić information content (AvgIpc) is 3.04. The number of phosphoric ester groups is 1. The van der Waals surface area contributed by atoms with Crippen molar-refractivity contribution in [2.24, 2.45) is 0 Å².